The van der Waals surface area contributed by atoms with E-state index in [-0.39, 0.29) is 10.9 Å². The molecule has 2 aromatic heterocycles. The fourth-order valence-electron chi connectivity index (χ4n) is 2.53. The number of thiophene rings is 1. The van der Waals surface area contributed by atoms with Gasteiger partial charge in [0.05, 0.1) is 24.8 Å². The number of benzene rings is 1. The molecular weight excluding hydrogens is 386 g/mol. The fourth-order valence-corrected chi connectivity index (χ4v) is 4.52. The molecule has 0 aliphatic rings. The molecule has 1 N–H and O–H groups in total. The molecule has 9 heteroatoms. The largest absolute Gasteiger partial charge is 0.493 e. The first kappa shape index (κ1) is 19.2. The second-order valence-electron chi connectivity index (χ2n) is 6.07. The number of aromatic nitrogens is 2. The van der Waals surface area contributed by atoms with Gasteiger partial charge in [-0.25, -0.2) is 8.42 Å². The third-order valence-corrected chi connectivity index (χ3v) is 6.17. The molecule has 27 heavy (non-hydrogen) atoms. The highest BCUT2D eigenvalue weighted by Crippen LogP contribution is 2.34. The third-order valence-electron chi connectivity index (χ3n) is 3.91. The van der Waals surface area contributed by atoms with E-state index in [1.807, 2.05) is 31.4 Å². The molecule has 3 rings (SSSR count). The van der Waals surface area contributed by atoms with Gasteiger partial charge in [-0.3, -0.25) is 9.40 Å². The molecule has 0 spiro atoms. The average molecular weight is 408 g/mol. The number of methoxy groups -OCH3 is 2. The summed E-state index contributed by atoms with van der Waals surface area (Å²) in [7, 11) is -0.829. The van der Waals surface area contributed by atoms with Crippen molar-refractivity contribution < 1.29 is 17.9 Å². The van der Waals surface area contributed by atoms with E-state index in [0.29, 0.717) is 22.9 Å². The first-order valence-electron chi connectivity index (χ1n) is 8.23. The van der Waals surface area contributed by atoms with E-state index in [9.17, 15) is 8.42 Å². The number of sulfonamides is 1. The maximum Gasteiger partial charge on any atom is 0.265 e. The van der Waals surface area contributed by atoms with Crippen molar-refractivity contribution in [3.63, 3.8) is 0 Å². The van der Waals surface area contributed by atoms with Crippen molar-refractivity contribution in [1.82, 2.24) is 9.78 Å². The molecule has 3 aromatic rings. The second kappa shape index (κ2) is 7.61. The highest BCUT2D eigenvalue weighted by Gasteiger charge is 2.25. The molecule has 0 bridgehead atoms. The van der Waals surface area contributed by atoms with Crippen LogP contribution in [-0.2, 0) is 10.0 Å². The van der Waals surface area contributed by atoms with Gasteiger partial charge in [-0.2, -0.15) is 5.10 Å². The molecule has 0 fully saturated rings. The number of rotatable bonds is 7. The number of nitrogens with one attached hydrogen (secondary N) is 1. The number of anilines is 1. The molecule has 1 aromatic carbocycles. The van der Waals surface area contributed by atoms with Crippen LogP contribution in [0.15, 0.2) is 46.8 Å². The van der Waals surface area contributed by atoms with Gasteiger partial charge in [0.15, 0.2) is 11.5 Å². The van der Waals surface area contributed by atoms with E-state index in [1.165, 1.54) is 25.6 Å². The molecule has 0 radical (unpaired) electrons. The van der Waals surface area contributed by atoms with Crippen LogP contribution in [0.1, 0.15) is 19.9 Å². The number of ether oxygens (including phenoxy) is 2. The Bertz CT molecular complexity index is 1030. The SMILES string of the molecule is COc1ccc(NS(=O)(=O)c2cn(C(C)C)nc2-c2cccs2)cc1OC. The lowest BCUT2D eigenvalue weighted by Crippen LogP contribution is -2.13. The molecule has 0 atom stereocenters. The standard InChI is InChI=1S/C18H21N3O4S2/c1-12(2)21-11-17(18(19-21)16-6-5-9-26-16)27(22,23)20-13-7-8-14(24-3)15(10-13)25-4/h5-12,20H,1-4H3. The monoisotopic (exact) mass is 407 g/mol. The lowest BCUT2D eigenvalue weighted by Gasteiger charge is -2.11. The van der Waals surface area contributed by atoms with Gasteiger partial charge < -0.3 is 9.47 Å². The quantitative estimate of drug-likeness (QED) is 0.640. The molecule has 0 saturated heterocycles. The van der Waals surface area contributed by atoms with Crippen LogP contribution in [0.5, 0.6) is 11.5 Å². The summed E-state index contributed by atoms with van der Waals surface area (Å²) in [5.41, 5.74) is 0.814. The Morgan fingerprint density at radius 3 is 2.48 bits per heavy atom. The van der Waals surface area contributed by atoms with E-state index < -0.39 is 10.0 Å². The summed E-state index contributed by atoms with van der Waals surface area (Å²) in [5, 5.41) is 6.38. The van der Waals surface area contributed by atoms with E-state index in [2.05, 4.69) is 9.82 Å². The van der Waals surface area contributed by atoms with Crippen LogP contribution in [0.4, 0.5) is 5.69 Å². The van der Waals surface area contributed by atoms with E-state index >= 15 is 0 Å². The Labute approximate surface area is 162 Å². The van der Waals surface area contributed by atoms with Crippen molar-refractivity contribution in [3.8, 4) is 22.1 Å². The van der Waals surface area contributed by atoms with Gasteiger partial charge in [-0.1, -0.05) is 6.07 Å². The van der Waals surface area contributed by atoms with Gasteiger partial charge in [0.1, 0.15) is 10.6 Å². The molecule has 2 heterocycles. The maximum atomic E-state index is 13.1. The molecule has 0 amide bonds. The fraction of sp³-hybridized carbons (Fsp3) is 0.278. The minimum absolute atomic E-state index is 0.0359. The van der Waals surface area contributed by atoms with Gasteiger partial charge in [0, 0.05) is 18.3 Å². The van der Waals surface area contributed by atoms with E-state index in [1.54, 1.807) is 29.1 Å². The average Bonchev–Trinajstić information content (AvgIpc) is 3.30. The Morgan fingerprint density at radius 2 is 1.89 bits per heavy atom. The van der Waals surface area contributed by atoms with Crippen molar-refractivity contribution >= 4 is 27.0 Å². The van der Waals surface area contributed by atoms with Crippen LogP contribution in [0.25, 0.3) is 10.6 Å². The topological polar surface area (TPSA) is 82.5 Å². The Balaban J connectivity index is 2.02. The van der Waals surface area contributed by atoms with E-state index in [4.69, 9.17) is 9.47 Å². The van der Waals surface area contributed by atoms with Crippen molar-refractivity contribution in [2.45, 2.75) is 24.8 Å². The zero-order chi connectivity index (χ0) is 19.6. The van der Waals surface area contributed by atoms with Crippen LogP contribution in [0.2, 0.25) is 0 Å². The van der Waals surface area contributed by atoms with Gasteiger partial charge in [-0.15, -0.1) is 11.3 Å². The maximum absolute atomic E-state index is 13.1. The summed E-state index contributed by atoms with van der Waals surface area (Å²) in [6, 6.07) is 8.60. The number of hydrogen-bond donors (Lipinski definition) is 1. The van der Waals surface area contributed by atoms with Crippen LogP contribution < -0.4 is 14.2 Å². The lowest BCUT2D eigenvalue weighted by molar-refractivity contribution is 0.355. The lowest BCUT2D eigenvalue weighted by atomic mass is 10.3. The summed E-state index contributed by atoms with van der Waals surface area (Å²) in [4.78, 5) is 0.926. The van der Waals surface area contributed by atoms with E-state index in [0.717, 1.165) is 4.88 Å². The van der Waals surface area contributed by atoms with Crippen LogP contribution in [0.3, 0.4) is 0 Å². The Hall–Kier alpha value is -2.52. The van der Waals surface area contributed by atoms with Crippen LogP contribution in [0, 0.1) is 0 Å². The summed E-state index contributed by atoms with van der Waals surface area (Å²) in [5.74, 6) is 0.960. The minimum Gasteiger partial charge on any atom is -0.493 e. The summed E-state index contributed by atoms with van der Waals surface area (Å²) < 4.78 is 40.8. The molecule has 7 nitrogen and oxygen atoms in total. The van der Waals surface area contributed by atoms with Crippen molar-refractivity contribution in [2.75, 3.05) is 18.9 Å². The molecule has 0 unspecified atom stereocenters. The number of hydrogen-bond acceptors (Lipinski definition) is 6. The van der Waals surface area contributed by atoms with Gasteiger partial charge in [-0.05, 0) is 37.4 Å². The predicted octanol–water partition coefficient (Wildman–Crippen LogP) is 4.01. The highest BCUT2D eigenvalue weighted by atomic mass is 32.2. The van der Waals surface area contributed by atoms with Gasteiger partial charge in [0.25, 0.3) is 10.0 Å². The van der Waals surface area contributed by atoms with Crippen LogP contribution in [-0.4, -0.2) is 32.4 Å². The molecular formula is C18H21N3O4S2. The molecule has 0 saturated carbocycles. The van der Waals surface area contributed by atoms with Crippen molar-refractivity contribution in [1.29, 1.82) is 0 Å². The molecule has 0 aliphatic heterocycles. The summed E-state index contributed by atoms with van der Waals surface area (Å²) >= 11 is 1.44. The van der Waals surface area contributed by atoms with Crippen LogP contribution >= 0.6 is 11.3 Å². The Morgan fingerprint density at radius 1 is 1.15 bits per heavy atom. The van der Waals surface area contributed by atoms with Gasteiger partial charge in [0.2, 0.25) is 0 Å². The predicted molar refractivity (Wildman–Crippen MR) is 106 cm³/mol. The molecule has 144 valence electrons. The number of nitrogens with zero attached hydrogens (tertiary/aromatic N) is 2. The zero-order valence-electron chi connectivity index (χ0n) is 15.5. The minimum atomic E-state index is -3.85. The first-order valence-corrected chi connectivity index (χ1v) is 10.6. The van der Waals surface area contributed by atoms with Crippen molar-refractivity contribution in [2.24, 2.45) is 0 Å². The molecule has 0 aliphatic carbocycles. The highest BCUT2D eigenvalue weighted by molar-refractivity contribution is 7.92. The van der Waals surface area contributed by atoms with Gasteiger partial charge >= 0.3 is 0 Å². The summed E-state index contributed by atoms with van der Waals surface area (Å²) in [6.45, 7) is 3.90. The third kappa shape index (κ3) is 3.93. The normalized spacial score (nSPS) is 11.6. The van der Waals surface area contributed by atoms with Crippen molar-refractivity contribution in [3.05, 3.63) is 41.9 Å². The summed E-state index contributed by atoms with van der Waals surface area (Å²) in [6.07, 6.45) is 1.56. The zero-order valence-corrected chi connectivity index (χ0v) is 17.1. The Kier molecular flexibility index (Phi) is 5.43. The first-order chi connectivity index (χ1) is 12.9. The smallest absolute Gasteiger partial charge is 0.265 e. The second-order valence-corrected chi connectivity index (χ2v) is 8.67.